The molecule has 1 aromatic carbocycles. The lowest BCUT2D eigenvalue weighted by atomic mass is 9.57. The average molecular weight is 477 g/mol. The summed E-state index contributed by atoms with van der Waals surface area (Å²) in [6.07, 6.45) is 7.08. The number of hydrogen-bond acceptors (Lipinski definition) is 4. The molecule has 0 radical (unpaired) electrons. The Balaban J connectivity index is 1.74. The first-order valence-corrected chi connectivity index (χ1v) is 11.8. The van der Waals surface area contributed by atoms with Crippen LogP contribution < -0.4 is 5.73 Å². The van der Waals surface area contributed by atoms with Gasteiger partial charge in [0.15, 0.2) is 0 Å². The van der Waals surface area contributed by atoms with Crippen LogP contribution in [-0.4, -0.2) is 43.3 Å². The molecular formula is C24H33BrN2O3. The first kappa shape index (κ1) is 21.8. The van der Waals surface area contributed by atoms with Crippen molar-refractivity contribution in [2.75, 3.05) is 20.3 Å². The fourth-order valence-electron chi connectivity index (χ4n) is 5.99. The standard InChI is InChI=1S/C24H33BrN2O3/c1-16(26)27(15-20-5-4-12-30-20)22(28)23(2)21-13-18(25)7-6-17(21)14-24(23)10-8-19(29-3)9-11-24/h6-7,13,19-20H,1,4-5,8-12,14-15,26H2,2-3H3. The molecule has 30 heavy (non-hydrogen) atoms. The summed E-state index contributed by atoms with van der Waals surface area (Å²) in [4.78, 5) is 16.0. The summed E-state index contributed by atoms with van der Waals surface area (Å²) in [6, 6.07) is 6.38. The summed E-state index contributed by atoms with van der Waals surface area (Å²) in [5.74, 6) is 0.360. The Kier molecular flexibility index (Phi) is 6.03. The van der Waals surface area contributed by atoms with E-state index in [1.807, 2.05) is 0 Å². The predicted molar refractivity (Wildman–Crippen MR) is 121 cm³/mol. The van der Waals surface area contributed by atoms with Crippen LogP contribution in [-0.2, 0) is 26.1 Å². The maximum absolute atomic E-state index is 14.3. The maximum Gasteiger partial charge on any atom is 0.239 e. The van der Waals surface area contributed by atoms with Crippen LogP contribution >= 0.6 is 15.9 Å². The lowest BCUT2D eigenvalue weighted by Crippen LogP contribution is -2.56. The molecule has 1 saturated carbocycles. The number of nitrogens with two attached hydrogens (primary N) is 1. The third-order valence-corrected chi connectivity index (χ3v) is 8.35. The van der Waals surface area contributed by atoms with Crippen molar-refractivity contribution in [3.05, 3.63) is 46.2 Å². The molecule has 1 aliphatic heterocycles. The zero-order valence-corrected chi connectivity index (χ0v) is 19.7. The second-order valence-electron chi connectivity index (χ2n) is 9.36. The second kappa shape index (κ2) is 8.29. The van der Waals surface area contributed by atoms with E-state index in [9.17, 15) is 4.79 Å². The van der Waals surface area contributed by atoms with E-state index < -0.39 is 5.41 Å². The monoisotopic (exact) mass is 476 g/mol. The predicted octanol–water partition coefficient (Wildman–Crippen LogP) is 4.28. The molecule has 4 rings (SSSR count). The van der Waals surface area contributed by atoms with Gasteiger partial charge in [0.25, 0.3) is 0 Å². The lowest BCUT2D eigenvalue weighted by molar-refractivity contribution is -0.143. The Morgan fingerprint density at radius 3 is 2.70 bits per heavy atom. The molecule has 0 bridgehead atoms. The van der Waals surface area contributed by atoms with Gasteiger partial charge in [-0.05, 0) is 80.5 Å². The number of benzene rings is 1. The molecule has 2 unspecified atom stereocenters. The van der Waals surface area contributed by atoms with Gasteiger partial charge >= 0.3 is 0 Å². The summed E-state index contributed by atoms with van der Waals surface area (Å²) in [5.41, 5.74) is 7.78. The van der Waals surface area contributed by atoms with E-state index in [1.54, 1.807) is 12.0 Å². The smallest absolute Gasteiger partial charge is 0.239 e. The largest absolute Gasteiger partial charge is 0.386 e. The van der Waals surface area contributed by atoms with Gasteiger partial charge in [0, 0.05) is 18.2 Å². The van der Waals surface area contributed by atoms with E-state index in [0.29, 0.717) is 12.4 Å². The molecule has 1 heterocycles. The summed E-state index contributed by atoms with van der Waals surface area (Å²) in [6.45, 7) is 7.31. The highest BCUT2D eigenvalue weighted by Gasteiger charge is 2.60. The highest BCUT2D eigenvalue weighted by Crippen LogP contribution is 2.60. The number of methoxy groups -OCH3 is 1. The van der Waals surface area contributed by atoms with Crippen LogP contribution in [0, 0.1) is 5.41 Å². The molecule has 0 aromatic heterocycles. The molecular weight excluding hydrogens is 444 g/mol. The Labute approximate surface area is 188 Å². The summed E-state index contributed by atoms with van der Waals surface area (Å²) >= 11 is 3.63. The highest BCUT2D eigenvalue weighted by molar-refractivity contribution is 9.10. The van der Waals surface area contributed by atoms with E-state index in [0.717, 1.165) is 61.6 Å². The van der Waals surface area contributed by atoms with Crippen LogP contribution in [0.1, 0.15) is 56.6 Å². The first-order valence-electron chi connectivity index (χ1n) is 11.0. The van der Waals surface area contributed by atoms with Crippen molar-refractivity contribution in [1.82, 2.24) is 4.90 Å². The lowest BCUT2D eigenvalue weighted by Gasteiger charge is -2.49. The molecule has 6 heteroatoms. The van der Waals surface area contributed by atoms with Gasteiger partial charge in [-0.15, -0.1) is 0 Å². The SMILES string of the molecule is C=C(N)N(CC1CCCO1)C(=O)C1(C)c2cc(Br)ccc2CC12CCC(OC)CC2. The third kappa shape index (κ3) is 3.51. The molecule has 1 saturated heterocycles. The molecule has 3 aliphatic rings. The molecule has 1 spiro atoms. The number of fused-ring (bicyclic) bond motifs is 1. The maximum atomic E-state index is 14.3. The normalized spacial score (nSPS) is 32.9. The topological polar surface area (TPSA) is 64.8 Å². The van der Waals surface area contributed by atoms with Crippen LogP contribution in [0.3, 0.4) is 0 Å². The van der Waals surface area contributed by atoms with Gasteiger partial charge in [0.05, 0.1) is 30.0 Å². The Hall–Kier alpha value is -1.37. The number of amides is 1. The Morgan fingerprint density at radius 1 is 1.37 bits per heavy atom. The van der Waals surface area contributed by atoms with Crippen molar-refractivity contribution in [3.8, 4) is 0 Å². The van der Waals surface area contributed by atoms with Gasteiger partial charge in [0.1, 0.15) is 0 Å². The highest BCUT2D eigenvalue weighted by atomic mass is 79.9. The fraction of sp³-hybridized carbons (Fsp3) is 0.625. The van der Waals surface area contributed by atoms with Crippen LogP contribution in [0.15, 0.2) is 35.1 Å². The van der Waals surface area contributed by atoms with Crippen molar-refractivity contribution in [2.45, 2.75) is 69.5 Å². The summed E-state index contributed by atoms with van der Waals surface area (Å²) < 4.78 is 12.5. The number of hydrogen-bond donors (Lipinski definition) is 1. The van der Waals surface area contributed by atoms with E-state index in [2.05, 4.69) is 47.6 Å². The van der Waals surface area contributed by atoms with E-state index in [1.165, 1.54) is 5.56 Å². The number of ether oxygens (including phenoxy) is 2. The minimum Gasteiger partial charge on any atom is -0.386 e. The number of rotatable bonds is 5. The average Bonchev–Trinajstić information content (AvgIpc) is 3.33. The molecule has 1 amide bonds. The van der Waals surface area contributed by atoms with Gasteiger partial charge in [-0.2, -0.15) is 0 Å². The molecule has 1 aromatic rings. The first-order chi connectivity index (χ1) is 14.3. The molecule has 2 fully saturated rings. The minimum absolute atomic E-state index is 0.0291. The quantitative estimate of drug-likeness (QED) is 0.688. The molecule has 5 nitrogen and oxygen atoms in total. The number of nitrogens with zero attached hydrogens (tertiary/aromatic N) is 1. The van der Waals surface area contributed by atoms with Gasteiger partial charge in [-0.3, -0.25) is 9.69 Å². The van der Waals surface area contributed by atoms with Crippen LogP contribution in [0.4, 0.5) is 0 Å². The van der Waals surface area contributed by atoms with Gasteiger partial charge < -0.3 is 15.2 Å². The second-order valence-corrected chi connectivity index (χ2v) is 10.3. The minimum atomic E-state index is -0.661. The van der Waals surface area contributed by atoms with Crippen molar-refractivity contribution in [2.24, 2.45) is 11.1 Å². The van der Waals surface area contributed by atoms with Crippen molar-refractivity contribution in [1.29, 1.82) is 0 Å². The fourth-order valence-corrected chi connectivity index (χ4v) is 6.35. The summed E-state index contributed by atoms with van der Waals surface area (Å²) in [5, 5.41) is 0. The van der Waals surface area contributed by atoms with Gasteiger partial charge in [-0.25, -0.2) is 0 Å². The van der Waals surface area contributed by atoms with Crippen molar-refractivity contribution < 1.29 is 14.3 Å². The zero-order chi connectivity index (χ0) is 21.5. The number of carbonyl (C=O) groups excluding carboxylic acids is 1. The van der Waals surface area contributed by atoms with Crippen molar-refractivity contribution in [3.63, 3.8) is 0 Å². The molecule has 2 atom stereocenters. The van der Waals surface area contributed by atoms with E-state index >= 15 is 0 Å². The zero-order valence-electron chi connectivity index (χ0n) is 18.1. The van der Waals surface area contributed by atoms with Crippen LogP contribution in [0.25, 0.3) is 0 Å². The van der Waals surface area contributed by atoms with Gasteiger partial charge in [0.2, 0.25) is 5.91 Å². The Bertz CT molecular complexity index is 828. The molecule has 2 N–H and O–H groups in total. The van der Waals surface area contributed by atoms with E-state index in [-0.39, 0.29) is 23.5 Å². The van der Waals surface area contributed by atoms with Crippen LogP contribution in [0.2, 0.25) is 0 Å². The van der Waals surface area contributed by atoms with Crippen LogP contribution in [0.5, 0.6) is 0 Å². The van der Waals surface area contributed by atoms with Crippen molar-refractivity contribution >= 4 is 21.8 Å². The Morgan fingerprint density at radius 2 is 2.10 bits per heavy atom. The summed E-state index contributed by atoms with van der Waals surface area (Å²) in [7, 11) is 1.79. The van der Waals surface area contributed by atoms with Gasteiger partial charge in [-0.1, -0.05) is 28.6 Å². The third-order valence-electron chi connectivity index (χ3n) is 7.85. The molecule has 2 aliphatic carbocycles. The number of halogens is 1. The number of carbonyl (C=O) groups is 1. The molecule has 164 valence electrons. The van der Waals surface area contributed by atoms with E-state index in [4.69, 9.17) is 15.2 Å².